The van der Waals surface area contributed by atoms with Crippen LogP contribution in [0.3, 0.4) is 0 Å². The Morgan fingerprint density at radius 1 is 1.22 bits per heavy atom. The van der Waals surface area contributed by atoms with E-state index in [9.17, 15) is 5.11 Å². The molecule has 0 aromatic heterocycles. The van der Waals surface area contributed by atoms with Crippen LogP contribution in [0.5, 0.6) is 0 Å². The fraction of sp³-hybridized carbons (Fsp3) is 0.889. The summed E-state index contributed by atoms with van der Waals surface area (Å²) >= 11 is 0. The van der Waals surface area contributed by atoms with Crippen molar-refractivity contribution in [1.82, 2.24) is 0 Å². The normalized spacial score (nSPS) is 27.2. The molecule has 1 fully saturated rings. The van der Waals surface area contributed by atoms with Crippen molar-refractivity contribution in [3.63, 3.8) is 0 Å². The van der Waals surface area contributed by atoms with Crippen LogP contribution in [0, 0.1) is 11.8 Å². The third kappa shape index (κ3) is 4.89. The fourth-order valence-electron chi connectivity index (χ4n) is 2.92. The largest absolute Gasteiger partial charge is 0.413 e. The lowest BCUT2D eigenvalue weighted by molar-refractivity contribution is -0.0502. The standard InChI is InChI=1S/C18H34O4Si/c1-18(2,3)23(4,5)22-16(15-10-9-14(15)13-19)7-6-8-17-20-11-12-21-17/h9-10,14-17,19H,6-8,11-13H2,1-5H3/t14-,15-,16+/m1/s1. The van der Waals surface area contributed by atoms with Crippen LogP contribution in [0.4, 0.5) is 0 Å². The average Bonchev–Trinajstić information content (AvgIpc) is 2.89. The van der Waals surface area contributed by atoms with Crippen molar-refractivity contribution >= 4 is 8.32 Å². The van der Waals surface area contributed by atoms with E-state index in [1.807, 2.05) is 0 Å². The second-order valence-electron chi connectivity index (χ2n) is 8.33. The Hall–Kier alpha value is -0.203. The van der Waals surface area contributed by atoms with E-state index in [1.165, 1.54) is 0 Å². The molecule has 2 aliphatic rings. The molecule has 1 aliphatic carbocycles. The summed E-state index contributed by atoms with van der Waals surface area (Å²) in [6.07, 6.45) is 7.44. The molecule has 0 amide bonds. The maximum absolute atomic E-state index is 9.53. The zero-order valence-corrected chi connectivity index (χ0v) is 16.4. The first-order valence-electron chi connectivity index (χ1n) is 8.95. The maximum atomic E-state index is 9.53. The van der Waals surface area contributed by atoms with Crippen molar-refractivity contribution in [3.8, 4) is 0 Å². The van der Waals surface area contributed by atoms with Crippen molar-refractivity contribution < 1.29 is 19.0 Å². The summed E-state index contributed by atoms with van der Waals surface area (Å²) < 4.78 is 17.7. The molecule has 5 heteroatoms. The molecule has 1 aliphatic heterocycles. The second-order valence-corrected chi connectivity index (χ2v) is 13.1. The van der Waals surface area contributed by atoms with E-state index in [1.54, 1.807) is 0 Å². The fourth-order valence-corrected chi connectivity index (χ4v) is 4.31. The Bertz CT molecular complexity index is 396. The van der Waals surface area contributed by atoms with Crippen LogP contribution in [-0.4, -0.2) is 45.6 Å². The molecular weight excluding hydrogens is 308 g/mol. The van der Waals surface area contributed by atoms with Gasteiger partial charge in [0.05, 0.1) is 19.3 Å². The highest BCUT2D eigenvalue weighted by molar-refractivity contribution is 6.74. The van der Waals surface area contributed by atoms with Crippen LogP contribution in [0.1, 0.15) is 40.0 Å². The minimum Gasteiger partial charge on any atom is -0.413 e. The van der Waals surface area contributed by atoms with Crippen LogP contribution in [0.2, 0.25) is 18.1 Å². The van der Waals surface area contributed by atoms with Crippen molar-refractivity contribution in [2.24, 2.45) is 11.8 Å². The molecule has 134 valence electrons. The van der Waals surface area contributed by atoms with E-state index in [0.29, 0.717) is 19.1 Å². The Balaban J connectivity index is 1.93. The van der Waals surface area contributed by atoms with Crippen LogP contribution in [0.25, 0.3) is 0 Å². The molecule has 1 N–H and O–H groups in total. The minimum atomic E-state index is -1.81. The topological polar surface area (TPSA) is 47.9 Å². The lowest BCUT2D eigenvalue weighted by Gasteiger charge is -2.44. The molecule has 23 heavy (non-hydrogen) atoms. The van der Waals surface area contributed by atoms with Gasteiger partial charge in [0.2, 0.25) is 0 Å². The first-order chi connectivity index (χ1) is 10.7. The van der Waals surface area contributed by atoms with E-state index < -0.39 is 8.32 Å². The van der Waals surface area contributed by atoms with Gasteiger partial charge in [0.1, 0.15) is 0 Å². The zero-order valence-electron chi connectivity index (χ0n) is 15.4. The molecule has 0 radical (unpaired) electrons. The molecule has 1 heterocycles. The molecule has 0 aromatic carbocycles. The van der Waals surface area contributed by atoms with Gasteiger partial charge in [-0.2, -0.15) is 0 Å². The first kappa shape index (κ1) is 19.1. The molecule has 3 atom stereocenters. The predicted octanol–water partition coefficient (Wildman–Crippen LogP) is 3.71. The summed E-state index contributed by atoms with van der Waals surface area (Å²) in [5.41, 5.74) is 0. The number of aliphatic hydroxyl groups is 1. The molecule has 0 saturated carbocycles. The molecule has 2 rings (SSSR count). The average molecular weight is 343 g/mol. The lowest BCUT2D eigenvalue weighted by atomic mass is 9.77. The summed E-state index contributed by atoms with van der Waals surface area (Å²) in [6.45, 7) is 13.1. The Kier molecular flexibility index (Phi) is 6.47. The van der Waals surface area contributed by atoms with Crippen molar-refractivity contribution in [3.05, 3.63) is 12.2 Å². The molecule has 1 saturated heterocycles. The summed E-state index contributed by atoms with van der Waals surface area (Å²) in [5.74, 6) is 0.600. The highest BCUT2D eigenvalue weighted by Gasteiger charge is 2.42. The lowest BCUT2D eigenvalue weighted by Crippen LogP contribution is -2.48. The van der Waals surface area contributed by atoms with E-state index in [4.69, 9.17) is 13.9 Å². The maximum Gasteiger partial charge on any atom is 0.192 e. The van der Waals surface area contributed by atoms with E-state index in [-0.39, 0.29) is 30.0 Å². The number of hydrogen-bond donors (Lipinski definition) is 1. The molecule has 4 nitrogen and oxygen atoms in total. The van der Waals surface area contributed by atoms with Crippen LogP contribution in [-0.2, 0) is 13.9 Å². The number of aliphatic hydroxyl groups excluding tert-OH is 1. The van der Waals surface area contributed by atoms with Crippen LogP contribution >= 0.6 is 0 Å². The molecule has 0 spiro atoms. The molecule has 0 bridgehead atoms. The summed E-state index contributed by atoms with van der Waals surface area (Å²) in [6, 6.07) is 0. The van der Waals surface area contributed by atoms with Crippen LogP contribution in [0.15, 0.2) is 12.2 Å². The zero-order chi connectivity index (χ0) is 17.1. The van der Waals surface area contributed by atoms with Crippen LogP contribution < -0.4 is 0 Å². The Morgan fingerprint density at radius 2 is 1.87 bits per heavy atom. The minimum absolute atomic E-state index is 0.0332. The van der Waals surface area contributed by atoms with E-state index >= 15 is 0 Å². The highest BCUT2D eigenvalue weighted by Crippen LogP contribution is 2.41. The van der Waals surface area contributed by atoms with Gasteiger partial charge in [0.15, 0.2) is 14.6 Å². The monoisotopic (exact) mass is 342 g/mol. The third-order valence-corrected chi connectivity index (χ3v) is 10.1. The van der Waals surface area contributed by atoms with Gasteiger partial charge in [-0.1, -0.05) is 32.9 Å². The van der Waals surface area contributed by atoms with Gasteiger partial charge in [-0.05, 0) is 37.4 Å². The van der Waals surface area contributed by atoms with Crippen molar-refractivity contribution in [2.75, 3.05) is 19.8 Å². The van der Waals surface area contributed by atoms with Gasteiger partial charge in [0.25, 0.3) is 0 Å². The summed E-state index contributed by atoms with van der Waals surface area (Å²) in [4.78, 5) is 0. The summed E-state index contributed by atoms with van der Waals surface area (Å²) in [5, 5.41) is 9.73. The molecule has 0 unspecified atom stereocenters. The second kappa shape index (κ2) is 7.79. The third-order valence-electron chi connectivity index (χ3n) is 5.59. The van der Waals surface area contributed by atoms with Gasteiger partial charge in [-0.15, -0.1) is 0 Å². The summed E-state index contributed by atoms with van der Waals surface area (Å²) in [7, 11) is -1.81. The number of hydrogen-bond acceptors (Lipinski definition) is 4. The Labute approximate surface area is 142 Å². The van der Waals surface area contributed by atoms with Crippen molar-refractivity contribution in [1.29, 1.82) is 0 Å². The smallest absolute Gasteiger partial charge is 0.192 e. The number of rotatable bonds is 8. The quantitative estimate of drug-likeness (QED) is 0.539. The van der Waals surface area contributed by atoms with Gasteiger partial charge in [0, 0.05) is 18.4 Å². The van der Waals surface area contributed by atoms with Gasteiger partial charge >= 0.3 is 0 Å². The Morgan fingerprint density at radius 3 is 2.35 bits per heavy atom. The highest BCUT2D eigenvalue weighted by atomic mass is 28.4. The van der Waals surface area contributed by atoms with Gasteiger partial charge in [-0.3, -0.25) is 0 Å². The number of ether oxygens (including phenoxy) is 2. The van der Waals surface area contributed by atoms with Gasteiger partial charge in [-0.25, -0.2) is 0 Å². The molecule has 0 aromatic rings. The molecular formula is C18H34O4Si. The first-order valence-corrected chi connectivity index (χ1v) is 11.9. The van der Waals surface area contributed by atoms with E-state index in [2.05, 4.69) is 46.0 Å². The van der Waals surface area contributed by atoms with Crippen molar-refractivity contribution in [2.45, 2.75) is 70.6 Å². The predicted molar refractivity (Wildman–Crippen MR) is 94.8 cm³/mol. The van der Waals surface area contributed by atoms with Gasteiger partial charge < -0.3 is 19.0 Å². The van der Waals surface area contributed by atoms with E-state index in [0.717, 1.165) is 19.3 Å². The SMILES string of the molecule is CC(C)(C)[Si](C)(C)O[C@@H](CCCC1OCCO1)[C@@H]1C=C[C@@H]1CO.